The van der Waals surface area contributed by atoms with Crippen LogP contribution in [0.15, 0.2) is 42.6 Å². The Kier molecular flexibility index (Phi) is 3.97. The van der Waals surface area contributed by atoms with E-state index in [0.29, 0.717) is 11.3 Å². The molecule has 0 saturated carbocycles. The molecule has 0 saturated heterocycles. The molecule has 98 valence electrons. The number of aromatic nitrogens is 1. The van der Waals surface area contributed by atoms with Crippen LogP contribution in [0.3, 0.4) is 0 Å². The molecule has 1 aromatic heterocycles. The molecule has 0 aliphatic rings. The van der Waals surface area contributed by atoms with Crippen LogP contribution in [-0.4, -0.2) is 24.0 Å². The minimum Gasteiger partial charge on any atom is -0.465 e. The molecule has 19 heavy (non-hydrogen) atoms. The summed E-state index contributed by atoms with van der Waals surface area (Å²) >= 11 is 0. The Morgan fingerprint density at radius 2 is 2.00 bits per heavy atom. The van der Waals surface area contributed by atoms with Crippen LogP contribution in [0.5, 0.6) is 0 Å². The molecule has 5 nitrogen and oxygen atoms in total. The van der Waals surface area contributed by atoms with Crippen molar-refractivity contribution >= 4 is 17.6 Å². The number of H-pyrrole nitrogens is 1. The Morgan fingerprint density at radius 3 is 2.68 bits per heavy atom. The zero-order valence-electron chi connectivity index (χ0n) is 10.5. The first-order valence-electron chi connectivity index (χ1n) is 5.80. The molecular formula is C14H14N2O3. The minimum absolute atomic E-state index is 0.196. The molecule has 0 atom stereocenters. The maximum absolute atomic E-state index is 11.9. The summed E-state index contributed by atoms with van der Waals surface area (Å²) in [5.74, 6) is -0.672. The highest BCUT2D eigenvalue weighted by molar-refractivity contribution is 6.01. The van der Waals surface area contributed by atoms with Crippen molar-refractivity contribution in [1.29, 1.82) is 0 Å². The van der Waals surface area contributed by atoms with Crippen LogP contribution in [0.2, 0.25) is 0 Å². The predicted octanol–water partition coefficient (Wildman–Crippen LogP) is 1.98. The van der Waals surface area contributed by atoms with Gasteiger partial charge in [0.05, 0.1) is 24.8 Å². The number of nitrogens with one attached hydrogen (secondary N) is 2. The fraction of sp³-hybridized carbons (Fsp3) is 0.143. The standard InChI is InChI=1S/C14H14N2O3/c1-19-14(18)11-6-2-3-7-12(11)16-13(17)9-10-5-4-8-15-10/h2-8,15H,9H2,1H3,(H,16,17). The number of anilines is 1. The monoisotopic (exact) mass is 258 g/mol. The molecule has 0 aliphatic carbocycles. The quantitative estimate of drug-likeness (QED) is 0.824. The van der Waals surface area contributed by atoms with Crippen LogP contribution in [-0.2, 0) is 16.0 Å². The molecule has 1 heterocycles. The molecule has 2 rings (SSSR count). The fourth-order valence-electron chi connectivity index (χ4n) is 1.72. The highest BCUT2D eigenvalue weighted by Gasteiger charge is 2.13. The third kappa shape index (κ3) is 3.22. The van der Waals surface area contributed by atoms with Crippen LogP contribution in [0.4, 0.5) is 5.69 Å². The van der Waals surface area contributed by atoms with Crippen molar-refractivity contribution in [1.82, 2.24) is 4.98 Å². The van der Waals surface area contributed by atoms with Gasteiger partial charge in [-0.3, -0.25) is 4.79 Å². The second-order valence-electron chi connectivity index (χ2n) is 3.96. The summed E-state index contributed by atoms with van der Waals surface area (Å²) in [5, 5.41) is 2.70. The van der Waals surface area contributed by atoms with Crippen LogP contribution in [0.1, 0.15) is 16.1 Å². The summed E-state index contributed by atoms with van der Waals surface area (Å²) < 4.78 is 4.67. The van der Waals surface area contributed by atoms with E-state index in [2.05, 4.69) is 15.0 Å². The summed E-state index contributed by atoms with van der Waals surface area (Å²) in [6, 6.07) is 10.4. The van der Waals surface area contributed by atoms with Gasteiger partial charge in [-0.25, -0.2) is 4.79 Å². The van der Waals surface area contributed by atoms with Gasteiger partial charge in [-0.05, 0) is 24.3 Å². The number of methoxy groups -OCH3 is 1. The van der Waals surface area contributed by atoms with Gasteiger partial charge in [0, 0.05) is 11.9 Å². The van der Waals surface area contributed by atoms with E-state index < -0.39 is 5.97 Å². The van der Waals surface area contributed by atoms with Crippen LogP contribution in [0, 0.1) is 0 Å². The summed E-state index contributed by atoms with van der Waals surface area (Å²) in [6.07, 6.45) is 1.98. The van der Waals surface area contributed by atoms with E-state index in [-0.39, 0.29) is 12.3 Å². The number of carbonyl (C=O) groups excluding carboxylic acids is 2. The molecule has 2 aromatic rings. The normalized spacial score (nSPS) is 9.95. The van der Waals surface area contributed by atoms with E-state index in [4.69, 9.17) is 0 Å². The molecule has 0 unspecified atom stereocenters. The Balaban J connectivity index is 2.10. The molecule has 5 heteroatoms. The minimum atomic E-state index is -0.476. The van der Waals surface area contributed by atoms with Gasteiger partial charge in [0.15, 0.2) is 0 Å². The third-order valence-corrected chi connectivity index (χ3v) is 2.62. The van der Waals surface area contributed by atoms with Gasteiger partial charge < -0.3 is 15.0 Å². The predicted molar refractivity (Wildman–Crippen MR) is 70.9 cm³/mol. The Hall–Kier alpha value is -2.56. The highest BCUT2D eigenvalue weighted by atomic mass is 16.5. The number of para-hydroxylation sites is 1. The lowest BCUT2D eigenvalue weighted by atomic mass is 10.1. The molecule has 1 amide bonds. The number of hydrogen-bond acceptors (Lipinski definition) is 3. The first kappa shape index (κ1) is 12.9. The number of ether oxygens (including phenoxy) is 1. The maximum atomic E-state index is 11.9. The number of carbonyl (C=O) groups is 2. The lowest BCUT2D eigenvalue weighted by Crippen LogP contribution is -2.17. The van der Waals surface area contributed by atoms with Gasteiger partial charge in [0.2, 0.25) is 5.91 Å². The topological polar surface area (TPSA) is 71.2 Å². The Bertz CT molecular complexity index is 576. The Morgan fingerprint density at radius 1 is 1.21 bits per heavy atom. The van der Waals surface area contributed by atoms with Crippen molar-refractivity contribution in [2.75, 3.05) is 12.4 Å². The Labute approximate surface area is 110 Å². The van der Waals surface area contributed by atoms with Crippen molar-refractivity contribution in [3.8, 4) is 0 Å². The van der Waals surface area contributed by atoms with Crippen LogP contribution < -0.4 is 5.32 Å². The maximum Gasteiger partial charge on any atom is 0.339 e. The number of amides is 1. The lowest BCUT2D eigenvalue weighted by Gasteiger charge is -2.09. The lowest BCUT2D eigenvalue weighted by molar-refractivity contribution is -0.115. The number of benzene rings is 1. The van der Waals surface area contributed by atoms with Gasteiger partial charge in [-0.15, -0.1) is 0 Å². The van der Waals surface area contributed by atoms with Crippen LogP contribution >= 0.6 is 0 Å². The van der Waals surface area contributed by atoms with Gasteiger partial charge in [-0.2, -0.15) is 0 Å². The van der Waals surface area contributed by atoms with E-state index >= 15 is 0 Å². The van der Waals surface area contributed by atoms with Crippen molar-refractivity contribution < 1.29 is 14.3 Å². The smallest absolute Gasteiger partial charge is 0.339 e. The van der Waals surface area contributed by atoms with E-state index in [1.807, 2.05) is 12.1 Å². The molecule has 0 bridgehead atoms. The molecule has 0 aliphatic heterocycles. The molecule has 2 N–H and O–H groups in total. The largest absolute Gasteiger partial charge is 0.465 e. The van der Waals surface area contributed by atoms with Crippen molar-refractivity contribution in [2.24, 2.45) is 0 Å². The summed E-state index contributed by atoms with van der Waals surface area (Å²) in [5.41, 5.74) is 1.60. The second kappa shape index (κ2) is 5.86. The SMILES string of the molecule is COC(=O)c1ccccc1NC(=O)Cc1ccc[nH]1. The summed E-state index contributed by atoms with van der Waals surface area (Å²) in [6.45, 7) is 0. The zero-order valence-corrected chi connectivity index (χ0v) is 10.5. The van der Waals surface area contributed by atoms with E-state index in [1.54, 1.807) is 30.5 Å². The first-order valence-corrected chi connectivity index (χ1v) is 5.80. The van der Waals surface area contributed by atoms with Crippen molar-refractivity contribution in [2.45, 2.75) is 6.42 Å². The molecule has 1 aromatic carbocycles. The first-order chi connectivity index (χ1) is 9.20. The number of hydrogen-bond donors (Lipinski definition) is 2. The van der Waals surface area contributed by atoms with E-state index in [1.165, 1.54) is 7.11 Å². The van der Waals surface area contributed by atoms with Gasteiger partial charge >= 0.3 is 5.97 Å². The average Bonchev–Trinajstić information content (AvgIpc) is 2.91. The third-order valence-electron chi connectivity index (χ3n) is 2.62. The molecule has 0 radical (unpaired) electrons. The summed E-state index contributed by atoms with van der Waals surface area (Å²) in [7, 11) is 1.31. The number of rotatable bonds is 4. The van der Waals surface area contributed by atoms with Crippen LogP contribution in [0.25, 0.3) is 0 Å². The van der Waals surface area contributed by atoms with E-state index in [0.717, 1.165) is 5.69 Å². The van der Waals surface area contributed by atoms with Crippen molar-refractivity contribution in [3.05, 3.63) is 53.9 Å². The summed E-state index contributed by atoms with van der Waals surface area (Å²) in [4.78, 5) is 26.4. The molecular weight excluding hydrogens is 244 g/mol. The zero-order chi connectivity index (χ0) is 13.7. The molecule has 0 fully saturated rings. The number of esters is 1. The van der Waals surface area contributed by atoms with Gasteiger partial charge in [0.1, 0.15) is 0 Å². The van der Waals surface area contributed by atoms with Gasteiger partial charge in [0.25, 0.3) is 0 Å². The van der Waals surface area contributed by atoms with E-state index in [9.17, 15) is 9.59 Å². The van der Waals surface area contributed by atoms with Crippen molar-refractivity contribution in [3.63, 3.8) is 0 Å². The van der Waals surface area contributed by atoms with Gasteiger partial charge in [-0.1, -0.05) is 12.1 Å². The second-order valence-corrected chi connectivity index (χ2v) is 3.96. The highest BCUT2D eigenvalue weighted by Crippen LogP contribution is 2.16. The molecule has 0 spiro atoms. The fourth-order valence-corrected chi connectivity index (χ4v) is 1.72. The average molecular weight is 258 g/mol. The number of aromatic amines is 1.